The summed E-state index contributed by atoms with van der Waals surface area (Å²) in [6.45, 7) is 1.98. The molecule has 3 aromatic rings. The van der Waals surface area contributed by atoms with E-state index in [4.69, 9.17) is 0 Å². The van der Waals surface area contributed by atoms with Crippen molar-refractivity contribution in [1.29, 1.82) is 0 Å². The van der Waals surface area contributed by atoms with Crippen LogP contribution in [0.3, 0.4) is 0 Å². The number of aromatic hydroxyl groups is 1. The maximum Gasteiger partial charge on any atom is 0.262 e. The third kappa shape index (κ3) is 5.90. The highest BCUT2D eigenvalue weighted by molar-refractivity contribution is 7.99. The van der Waals surface area contributed by atoms with Crippen molar-refractivity contribution < 1.29 is 23.5 Å². The molecule has 0 aliphatic heterocycles. The molecule has 0 radical (unpaired) electrons. The molecule has 0 spiro atoms. The van der Waals surface area contributed by atoms with Crippen molar-refractivity contribution >= 4 is 39.0 Å². The third-order valence-electron chi connectivity index (χ3n) is 4.75. The van der Waals surface area contributed by atoms with Gasteiger partial charge in [0, 0.05) is 22.7 Å². The molecule has 0 saturated carbocycles. The zero-order valence-corrected chi connectivity index (χ0v) is 19.8. The zero-order valence-electron chi connectivity index (χ0n) is 17.3. The quantitative estimate of drug-likeness (QED) is 0.225. The molecule has 0 aliphatic carbocycles. The number of carbonyl (C=O) groups excluding carboxylic acids is 1. The van der Waals surface area contributed by atoms with E-state index in [1.165, 1.54) is 35.6 Å². The first kappa shape index (κ1) is 24.3. The highest BCUT2D eigenvalue weighted by Crippen LogP contribution is 2.27. The second-order valence-electron chi connectivity index (χ2n) is 6.90. The zero-order chi connectivity index (χ0) is 23.1. The first-order valence-electron chi connectivity index (χ1n) is 9.84. The van der Waals surface area contributed by atoms with Crippen LogP contribution in [0.15, 0.2) is 75.8 Å². The average Bonchev–Trinajstić information content (AvgIpc) is 3.30. The summed E-state index contributed by atoms with van der Waals surface area (Å²) in [5, 5.41) is 20.8. The maximum absolute atomic E-state index is 13.6. The number of phenolic OH excluding ortho intramolecular Hbond substituents is 1. The van der Waals surface area contributed by atoms with Crippen LogP contribution in [0.1, 0.15) is 17.4 Å². The Morgan fingerprint density at radius 3 is 2.38 bits per heavy atom. The number of hydrogen-bond acceptors (Lipinski definition) is 7. The van der Waals surface area contributed by atoms with Crippen molar-refractivity contribution in [1.82, 2.24) is 9.79 Å². The van der Waals surface area contributed by atoms with E-state index in [9.17, 15) is 23.5 Å². The SMILES string of the molecule is CCSc1ccc(CN([C@H](Cc2cccs2)C(=O)NO)S(=O)(=O)c2ccc(O)cc2)cc1. The van der Waals surface area contributed by atoms with Crippen LogP contribution < -0.4 is 5.48 Å². The second-order valence-corrected chi connectivity index (χ2v) is 11.2. The number of benzene rings is 2. The van der Waals surface area contributed by atoms with Gasteiger partial charge < -0.3 is 5.11 Å². The van der Waals surface area contributed by atoms with Crippen LogP contribution in [0, 0.1) is 0 Å². The number of nitrogens with one attached hydrogen (secondary N) is 1. The van der Waals surface area contributed by atoms with E-state index >= 15 is 0 Å². The predicted molar refractivity (Wildman–Crippen MR) is 125 cm³/mol. The lowest BCUT2D eigenvalue weighted by atomic mass is 10.1. The molecule has 0 bridgehead atoms. The summed E-state index contributed by atoms with van der Waals surface area (Å²) in [5.41, 5.74) is 2.32. The lowest BCUT2D eigenvalue weighted by Gasteiger charge is -2.29. The molecule has 1 heterocycles. The first-order chi connectivity index (χ1) is 15.3. The summed E-state index contributed by atoms with van der Waals surface area (Å²) in [4.78, 5) is 14.4. The van der Waals surface area contributed by atoms with Crippen molar-refractivity contribution in [3.05, 3.63) is 76.5 Å². The molecular formula is C22H24N2O5S3. The van der Waals surface area contributed by atoms with E-state index in [2.05, 4.69) is 0 Å². The van der Waals surface area contributed by atoms with Crippen LogP contribution >= 0.6 is 23.1 Å². The van der Waals surface area contributed by atoms with Gasteiger partial charge in [-0.25, -0.2) is 13.9 Å². The van der Waals surface area contributed by atoms with Crippen molar-refractivity contribution in [2.75, 3.05) is 5.75 Å². The summed E-state index contributed by atoms with van der Waals surface area (Å²) in [6.07, 6.45) is 0.102. The Labute approximate surface area is 195 Å². The van der Waals surface area contributed by atoms with Crippen molar-refractivity contribution in [3.8, 4) is 5.75 Å². The highest BCUT2D eigenvalue weighted by Gasteiger charge is 2.36. The number of sulfonamides is 1. The molecule has 2 aromatic carbocycles. The van der Waals surface area contributed by atoms with Crippen LogP contribution in [0.2, 0.25) is 0 Å². The molecule has 1 atom stereocenters. The second kappa shape index (κ2) is 11.0. The Hall–Kier alpha value is -2.37. The van der Waals surface area contributed by atoms with Crippen LogP contribution in [0.4, 0.5) is 0 Å². The minimum Gasteiger partial charge on any atom is -0.508 e. The number of hydrogen-bond donors (Lipinski definition) is 3. The third-order valence-corrected chi connectivity index (χ3v) is 8.41. The number of rotatable bonds is 10. The summed E-state index contributed by atoms with van der Waals surface area (Å²) >= 11 is 3.07. The summed E-state index contributed by atoms with van der Waals surface area (Å²) < 4.78 is 28.3. The van der Waals surface area contributed by atoms with Crippen LogP contribution in [0.5, 0.6) is 5.75 Å². The molecule has 7 nitrogen and oxygen atoms in total. The fraction of sp³-hybridized carbons (Fsp3) is 0.227. The van der Waals surface area contributed by atoms with Gasteiger partial charge in [0.05, 0.1) is 4.90 Å². The molecule has 0 saturated heterocycles. The van der Waals surface area contributed by atoms with Gasteiger partial charge in [0.15, 0.2) is 0 Å². The Kier molecular flexibility index (Phi) is 8.32. The normalized spacial score (nSPS) is 12.6. The molecule has 3 N–H and O–H groups in total. The Morgan fingerprint density at radius 1 is 1.12 bits per heavy atom. The lowest BCUT2D eigenvalue weighted by Crippen LogP contribution is -2.49. The van der Waals surface area contributed by atoms with E-state index in [1.54, 1.807) is 17.2 Å². The first-order valence-corrected chi connectivity index (χ1v) is 13.1. The van der Waals surface area contributed by atoms with Gasteiger partial charge in [0.2, 0.25) is 10.0 Å². The Morgan fingerprint density at radius 2 is 1.81 bits per heavy atom. The predicted octanol–water partition coefficient (Wildman–Crippen LogP) is 3.87. The molecule has 0 fully saturated rings. The number of thioether (sulfide) groups is 1. The van der Waals surface area contributed by atoms with Crippen molar-refractivity contribution in [2.45, 2.75) is 35.7 Å². The largest absolute Gasteiger partial charge is 0.508 e. The molecular weight excluding hydrogens is 468 g/mol. The van der Waals surface area contributed by atoms with Gasteiger partial charge in [-0.3, -0.25) is 10.0 Å². The van der Waals surface area contributed by atoms with E-state index in [-0.39, 0.29) is 23.6 Å². The molecule has 0 aliphatic rings. The van der Waals surface area contributed by atoms with Crippen LogP contribution in [-0.4, -0.2) is 40.7 Å². The summed E-state index contributed by atoms with van der Waals surface area (Å²) in [5.74, 6) is 0.0296. The van der Waals surface area contributed by atoms with Gasteiger partial charge >= 0.3 is 0 Å². The molecule has 32 heavy (non-hydrogen) atoms. The van der Waals surface area contributed by atoms with E-state index in [0.29, 0.717) is 5.56 Å². The van der Waals surface area contributed by atoms with E-state index in [0.717, 1.165) is 19.8 Å². The monoisotopic (exact) mass is 492 g/mol. The molecule has 0 unspecified atom stereocenters. The summed E-state index contributed by atoms with van der Waals surface area (Å²) in [7, 11) is -4.14. The standard InChI is InChI=1S/C22H24N2O5S3/c1-2-30-18-9-5-16(6-10-18)15-24(32(28,29)20-11-7-17(25)8-12-20)21(22(26)23-27)14-19-4-3-13-31-19/h3-13,21,25,27H,2,14-15H2,1H3,(H,23,26)/t21-/m1/s1. The van der Waals surface area contributed by atoms with Gasteiger partial charge in [-0.15, -0.1) is 23.1 Å². The highest BCUT2D eigenvalue weighted by atomic mass is 32.2. The van der Waals surface area contributed by atoms with Gasteiger partial charge in [0.25, 0.3) is 5.91 Å². The van der Waals surface area contributed by atoms with Crippen molar-refractivity contribution in [2.24, 2.45) is 0 Å². The van der Waals surface area contributed by atoms with Crippen molar-refractivity contribution in [3.63, 3.8) is 0 Å². The maximum atomic E-state index is 13.6. The molecule has 3 rings (SSSR count). The number of nitrogens with zero attached hydrogens (tertiary/aromatic N) is 1. The molecule has 170 valence electrons. The number of carbonyl (C=O) groups is 1. The molecule has 1 aromatic heterocycles. The minimum absolute atomic E-state index is 0.0598. The topological polar surface area (TPSA) is 107 Å². The number of hydroxylamine groups is 1. The number of phenols is 1. The molecule has 1 amide bonds. The fourth-order valence-electron chi connectivity index (χ4n) is 3.17. The van der Waals surface area contributed by atoms with Gasteiger partial charge in [0.1, 0.15) is 11.8 Å². The van der Waals surface area contributed by atoms with Gasteiger partial charge in [-0.05, 0) is 59.2 Å². The fourth-order valence-corrected chi connectivity index (χ4v) is 6.15. The Balaban J connectivity index is 2.03. The van der Waals surface area contributed by atoms with Crippen LogP contribution in [0.25, 0.3) is 0 Å². The Bertz CT molecular complexity index is 1120. The lowest BCUT2D eigenvalue weighted by molar-refractivity contribution is -0.133. The number of thiophene rings is 1. The smallest absolute Gasteiger partial charge is 0.262 e. The average molecular weight is 493 g/mol. The van der Waals surface area contributed by atoms with Crippen LogP contribution in [-0.2, 0) is 27.8 Å². The number of amides is 1. The van der Waals surface area contributed by atoms with E-state index < -0.39 is 22.0 Å². The summed E-state index contributed by atoms with van der Waals surface area (Å²) in [6, 6.07) is 15.1. The van der Waals surface area contributed by atoms with Gasteiger partial charge in [-0.2, -0.15) is 4.31 Å². The van der Waals surface area contributed by atoms with Gasteiger partial charge in [-0.1, -0.05) is 25.1 Å². The minimum atomic E-state index is -4.14. The van der Waals surface area contributed by atoms with E-state index in [1.807, 2.05) is 48.7 Å². The molecule has 10 heteroatoms.